The highest BCUT2D eigenvalue weighted by molar-refractivity contribution is 5.30. The van der Waals surface area contributed by atoms with Crippen LogP contribution < -0.4 is 10.1 Å². The normalized spacial score (nSPS) is 24.3. The third-order valence-corrected chi connectivity index (χ3v) is 4.86. The highest BCUT2D eigenvalue weighted by atomic mass is 16.5. The molecule has 1 aliphatic rings. The molecule has 0 aromatic heterocycles. The maximum atomic E-state index is 5.33. The number of ether oxygens (including phenoxy) is 1. The molecule has 2 rings (SSSR count). The van der Waals surface area contributed by atoms with Crippen molar-refractivity contribution >= 4 is 0 Å². The van der Waals surface area contributed by atoms with Crippen molar-refractivity contribution in [1.29, 1.82) is 0 Å². The fourth-order valence-corrected chi connectivity index (χ4v) is 3.60. The van der Waals surface area contributed by atoms with Gasteiger partial charge in [-0.3, -0.25) is 0 Å². The summed E-state index contributed by atoms with van der Waals surface area (Å²) in [6, 6.07) is 9.50. The number of nitrogens with one attached hydrogen (secondary N) is 1. The zero-order chi connectivity index (χ0) is 15.1. The second-order valence-electron chi connectivity index (χ2n) is 6.52. The average Bonchev–Trinajstić information content (AvgIpc) is 2.73. The van der Waals surface area contributed by atoms with Crippen LogP contribution in [0.15, 0.2) is 24.3 Å². The molecule has 1 aliphatic carbocycles. The topological polar surface area (TPSA) is 21.3 Å². The van der Waals surface area contributed by atoms with Crippen molar-refractivity contribution in [2.75, 3.05) is 7.11 Å². The van der Waals surface area contributed by atoms with Gasteiger partial charge in [0.2, 0.25) is 0 Å². The van der Waals surface area contributed by atoms with E-state index in [4.69, 9.17) is 4.74 Å². The summed E-state index contributed by atoms with van der Waals surface area (Å²) in [6.45, 7) is 4.58. The zero-order valence-corrected chi connectivity index (χ0v) is 13.9. The van der Waals surface area contributed by atoms with E-state index in [2.05, 4.69) is 37.4 Å². The lowest BCUT2D eigenvalue weighted by Gasteiger charge is -2.23. The fraction of sp³-hybridized carbons (Fsp3) is 0.684. The second kappa shape index (κ2) is 8.43. The maximum absolute atomic E-state index is 5.33. The molecule has 2 heteroatoms. The Bertz CT molecular complexity index is 418. The molecule has 0 radical (unpaired) electrons. The number of hydrogen-bond donors (Lipinski definition) is 1. The largest absolute Gasteiger partial charge is 0.497 e. The molecule has 0 aliphatic heterocycles. The van der Waals surface area contributed by atoms with E-state index in [1.807, 2.05) is 6.07 Å². The van der Waals surface area contributed by atoms with Crippen molar-refractivity contribution < 1.29 is 4.74 Å². The Hall–Kier alpha value is -1.02. The van der Waals surface area contributed by atoms with Gasteiger partial charge in [-0.05, 0) is 49.8 Å². The minimum absolute atomic E-state index is 0.396. The Balaban J connectivity index is 1.88. The van der Waals surface area contributed by atoms with E-state index < -0.39 is 0 Å². The van der Waals surface area contributed by atoms with Crippen LogP contribution in [0.3, 0.4) is 0 Å². The molecule has 2 unspecified atom stereocenters. The first-order valence-electron chi connectivity index (χ1n) is 8.63. The molecule has 0 amide bonds. The average molecular weight is 289 g/mol. The van der Waals surface area contributed by atoms with Gasteiger partial charge < -0.3 is 10.1 Å². The summed E-state index contributed by atoms with van der Waals surface area (Å²) in [7, 11) is 1.73. The van der Waals surface area contributed by atoms with Crippen molar-refractivity contribution in [3.63, 3.8) is 0 Å². The molecule has 0 bridgehead atoms. The van der Waals surface area contributed by atoms with Gasteiger partial charge in [0.1, 0.15) is 5.75 Å². The Labute approximate surface area is 130 Å². The summed E-state index contributed by atoms with van der Waals surface area (Å²) in [6.07, 6.45) is 9.62. The van der Waals surface area contributed by atoms with Crippen LogP contribution in [0.4, 0.5) is 0 Å². The Morgan fingerprint density at radius 1 is 1.24 bits per heavy atom. The van der Waals surface area contributed by atoms with E-state index in [0.29, 0.717) is 12.1 Å². The van der Waals surface area contributed by atoms with E-state index >= 15 is 0 Å². The predicted octanol–water partition coefficient (Wildman–Crippen LogP) is 5.09. The van der Waals surface area contributed by atoms with Crippen LogP contribution in [0.25, 0.3) is 0 Å². The van der Waals surface area contributed by atoms with Crippen molar-refractivity contribution in [3.8, 4) is 5.75 Å². The zero-order valence-electron chi connectivity index (χ0n) is 13.9. The molecule has 1 fully saturated rings. The van der Waals surface area contributed by atoms with E-state index in [-0.39, 0.29) is 0 Å². The summed E-state index contributed by atoms with van der Waals surface area (Å²) < 4.78 is 5.33. The third kappa shape index (κ3) is 5.03. The van der Waals surface area contributed by atoms with E-state index in [9.17, 15) is 0 Å². The third-order valence-electron chi connectivity index (χ3n) is 4.86. The van der Waals surface area contributed by atoms with Crippen LogP contribution in [-0.2, 0) is 0 Å². The van der Waals surface area contributed by atoms with Gasteiger partial charge >= 0.3 is 0 Å². The monoisotopic (exact) mass is 289 g/mol. The second-order valence-corrected chi connectivity index (χ2v) is 6.52. The van der Waals surface area contributed by atoms with E-state index in [1.165, 1.54) is 50.5 Å². The molecule has 0 saturated heterocycles. The lowest BCUT2D eigenvalue weighted by Crippen LogP contribution is -2.31. The number of rotatable bonds is 6. The first-order valence-corrected chi connectivity index (χ1v) is 8.63. The van der Waals surface area contributed by atoms with Crippen LogP contribution in [0, 0.1) is 5.92 Å². The van der Waals surface area contributed by atoms with Gasteiger partial charge in [0, 0.05) is 12.1 Å². The van der Waals surface area contributed by atoms with Gasteiger partial charge in [-0.25, -0.2) is 0 Å². The smallest absolute Gasteiger partial charge is 0.119 e. The number of methoxy groups -OCH3 is 1. The van der Waals surface area contributed by atoms with E-state index in [1.54, 1.807) is 7.11 Å². The van der Waals surface area contributed by atoms with Gasteiger partial charge in [-0.15, -0.1) is 0 Å². The van der Waals surface area contributed by atoms with Gasteiger partial charge in [-0.1, -0.05) is 44.7 Å². The minimum atomic E-state index is 0.396. The lowest BCUT2D eigenvalue weighted by atomic mass is 9.95. The highest BCUT2D eigenvalue weighted by Crippen LogP contribution is 2.28. The first-order chi connectivity index (χ1) is 10.2. The van der Waals surface area contributed by atoms with Crippen LogP contribution in [-0.4, -0.2) is 13.2 Å². The summed E-state index contributed by atoms with van der Waals surface area (Å²) >= 11 is 0. The van der Waals surface area contributed by atoms with Crippen molar-refractivity contribution in [2.45, 2.75) is 70.9 Å². The minimum Gasteiger partial charge on any atom is -0.497 e. The maximum Gasteiger partial charge on any atom is 0.119 e. The van der Waals surface area contributed by atoms with Crippen LogP contribution >= 0.6 is 0 Å². The van der Waals surface area contributed by atoms with Crippen molar-refractivity contribution in [3.05, 3.63) is 29.8 Å². The van der Waals surface area contributed by atoms with E-state index in [0.717, 1.165) is 11.7 Å². The molecule has 1 N–H and O–H groups in total. The molecule has 3 atom stereocenters. The Kier molecular flexibility index (Phi) is 6.56. The van der Waals surface area contributed by atoms with Gasteiger partial charge in [-0.2, -0.15) is 0 Å². The SMILES string of the molecule is CCCC1CCCC(N[C@@H](C)c2cccc(OC)c2)CC1. The Morgan fingerprint density at radius 2 is 2.10 bits per heavy atom. The molecule has 0 heterocycles. The van der Waals surface area contributed by atoms with Crippen molar-refractivity contribution in [1.82, 2.24) is 5.32 Å². The van der Waals surface area contributed by atoms with Crippen LogP contribution in [0.5, 0.6) is 5.75 Å². The summed E-state index contributed by atoms with van der Waals surface area (Å²) in [5.41, 5.74) is 1.32. The molecular weight excluding hydrogens is 258 g/mol. The molecule has 1 aromatic rings. The fourth-order valence-electron chi connectivity index (χ4n) is 3.60. The van der Waals surface area contributed by atoms with Gasteiger partial charge in [0.15, 0.2) is 0 Å². The van der Waals surface area contributed by atoms with Crippen LogP contribution in [0.1, 0.15) is 70.4 Å². The lowest BCUT2D eigenvalue weighted by molar-refractivity contribution is 0.390. The molecule has 21 heavy (non-hydrogen) atoms. The quantitative estimate of drug-likeness (QED) is 0.736. The summed E-state index contributed by atoms with van der Waals surface area (Å²) in [5, 5.41) is 3.83. The Morgan fingerprint density at radius 3 is 2.86 bits per heavy atom. The van der Waals surface area contributed by atoms with Gasteiger partial charge in [0.25, 0.3) is 0 Å². The van der Waals surface area contributed by atoms with Gasteiger partial charge in [0.05, 0.1) is 7.11 Å². The molecule has 2 nitrogen and oxygen atoms in total. The molecular formula is C19H31NO. The number of hydrogen-bond acceptors (Lipinski definition) is 2. The highest BCUT2D eigenvalue weighted by Gasteiger charge is 2.20. The molecule has 1 aromatic carbocycles. The summed E-state index contributed by atoms with van der Waals surface area (Å²) in [5.74, 6) is 1.92. The molecule has 1 saturated carbocycles. The van der Waals surface area contributed by atoms with Crippen molar-refractivity contribution in [2.24, 2.45) is 5.92 Å². The molecule has 118 valence electrons. The first kappa shape index (κ1) is 16.4. The standard InChI is InChI=1S/C19H31NO/c1-4-7-16-8-5-10-18(13-12-16)20-15(2)17-9-6-11-19(14-17)21-3/h6,9,11,14-16,18,20H,4-5,7-8,10,12-13H2,1-3H3/t15-,16?,18?/m0/s1. The number of benzene rings is 1. The summed E-state index contributed by atoms with van der Waals surface area (Å²) in [4.78, 5) is 0. The molecule has 0 spiro atoms. The predicted molar refractivity (Wildman–Crippen MR) is 89.8 cm³/mol. The van der Waals surface area contributed by atoms with Crippen LogP contribution in [0.2, 0.25) is 0 Å².